The average molecular weight is 379 g/mol. The van der Waals surface area contributed by atoms with Crippen molar-refractivity contribution in [2.75, 3.05) is 5.75 Å². The Kier molecular flexibility index (Phi) is 7.39. The van der Waals surface area contributed by atoms with Crippen LogP contribution in [0.1, 0.15) is 25.8 Å². The SMILES string of the molecule is CCC(NC(=O)OCc1ccccc1)C(=O)Cn1nnnc1S(=O)CC. The summed E-state index contributed by atoms with van der Waals surface area (Å²) in [6.07, 6.45) is -0.295. The summed E-state index contributed by atoms with van der Waals surface area (Å²) in [5, 5.41) is 13.5. The fourth-order valence-corrected chi connectivity index (χ4v) is 2.88. The lowest BCUT2D eigenvalue weighted by Gasteiger charge is -2.16. The van der Waals surface area contributed by atoms with Gasteiger partial charge in [0.2, 0.25) is 5.16 Å². The molecule has 0 aliphatic carbocycles. The molecule has 0 fully saturated rings. The lowest BCUT2D eigenvalue weighted by Crippen LogP contribution is -2.42. The molecule has 0 aliphatic heterocycles. The first-order valence-electron chi connectivity index (χ1n) is 8.19. The van der Waals surface area contributed by atoms with E-state index < -0.39 is 22.9 Å². The van der Waals surface area contributed by atoms with E-state index in [4.69, 9.17) is 4.74 Å². The Bertz CT molecular complexity index is 765. The van der Waals surface area contributed by atoms with E-state index in [-0.39, 0.29) is 24.1 Å². The number of alkyl carbamates (subject to hydrolysis) is 1. The van der Waals surface area contributed by atoms with Crippen LogP contribution in [0.4, 0.5) is 4.79 Å². The van der Waals surface area contributed by atoms with Crippen LogP contribution < -0.4 is 5.32 Å². The number of nitrogens with one attached hydrogen (secondary N) is 1. The van der Waals surface area contributed by atoms with Crippen LogP contribution in [-0.4, -0.2) is 48.1 Å². The highest BCUT2D eigenvalue weighted by molar-refractivity contribution is 7.84. The number of hydrogen-bond acceptors (Lipinski definition) is 7. The summed E-state index contributed by atoms with van der Waals surface area (Å²) in [7, 11) is -1.37. The minimum Gasteiger partial charge on any atom is -0.445 e. The van der Waals surface area contributed by atoms with Crippen molar-refractivity contribution >= 4 is 22.7 Å². The molecule has 10 heteroatoms. The molecular formula is C16H21N5O4S. The molecule has 140 valence electrons. The first kappa shape index (κ1) is 19.7. The van der Waals surface area contributed by atoms with Crippen LogP contribution in [0.15, 0.2) is 35.5 Å². The Morgan fingerprint density at radius 3 is 2.65 bits per heavy atom. The van der Waals surface area contributed by atoms with Gasteiger partial charge in [-0.25, -0.2) is 9.48 Å². The van der Waals surface area contributed by atoms with Gasteiger partial charge in [-0.3, -0.25) is 9.00 Å². The Labute approximate surface area is 153 Å². The first-order chi connectivity index (χ1) is 12.5. The van der Waals surface area contributed by atoms with Gasteiger partial charge < -0.3 is 10.1 Å². The van der Waals surface area contributed by atoms with Crippen molar-refractivity contribution in [3.8, 4) is 0 Å². The summed E-state index contributed by atoms with van der Waals surface area (Å²) in [6, 6.07) is 8.49. The third-order valence-corrected chi connectivity index (χ3v) is 4.80. The monoisotopic (exact) mass is 379 g/mol. The van der Waals surface area contributed by atoms with E-state index >= 15 is 0 Å². The summed E-state index contributed by atoms with van der Waals surface area (Å²) >= 11 is 0. The number of rotatable bonds is 9. The molecule has 2 rings (SSSR count). The predicted octanol–water partition coefficient (Wildman–Crippen LogP) is 1.07. The van der Waals surface area contributed by atoms with Crippen LogP contribution in [0.5, 0.6) is 0 Å². The van der Waals surface area contributed by atoms with Gasteiger partial charge in [0.05, 0.1) is 16.8 Å². The maximum Gasteiger partial charge on any atom is 0.408 e. The largest absolute Gasteiger partial charge is 0.445 e. The lowest BCUT2D eigenvalue weighted by molar-refractivity contribution is -0.122. The predicted molar refractivity (Wildman–Crippen MR) is 93.6 cm³/mol. The minimum absolute atomic E-state index is 0.115. The smallest absolute Gasteiger partial charge is 0.408 e. The molecule has 2 unspecified atom stereocenters. The first-order valence-corrected chi connectivity index (χ1v) is 9.51. The van der Waals surface area contributed by atoms with Gasteiger partial charge in [-0.2, -0.15) is 0 Å². The number of ketones is 1. The molecule has 2 atom stereocenters. The molecule has 1 aromatic heterocycles. The van der Waals surface area contributed by atoms with Crippen molar-refractivity contribution in [1.82, 2.24) is 25.5 Å². The number of benzene rings is 1. The van der Waals surface area contributed by atoms with Crippen LogP contribution in [-0.2, 0) is 33.5 Å². The number of amides is 1. The third-order valence-electron chi connectivity index (χ3n) is 3.57. The van der Waals surface area contributed by atoms with Gasteiger partial charge in [-0.05, 0) is 22.4 Å². The molecule has 0 saturated heterocycles. The van der Waals surface area contributed by atoms with Crippen LogP contribution in [0.2, 0.25) is 0 Å². The molecule has 1 aromatic carbocycles. The zero-order valence-electron chi connectivity index (χ0n) is 14.6. The Morgan fingerprint density at radius 1 is 1.27 bits per heavy atom. The highest BCUT2D eigenvalue weighted by Gasteiger charge is 2.22. The maximum atomic E-state index is 12.4. The van der Waals surface area contributed by atoms with Gasteiger partial charge in [0, 0.05) is 5.75 Å². The second-order valence-corrected chi connectivity index (χ2v) is 7.02. The Balaban J connectivity index is 1.91. The van der Waals surface area contributed by atoms with Gasteiger partial charge in [0.15, 0.2) is 5.78 Å². The van der Waals surface area contributed by atoms with Crippen LogP contribution in [0, 0.1) is 0 Å². The van der Waals surface area contributed by atoms with Crippen molar-refractivity contribution in [2.24, 2.45) is 0 Å². The van der Waals surface area contributed by atoms with Gasteiger partial charge in [-0.1, -0.05) is 49.3 Å². The number of ether oxygens (including phenoxy) is 1. The fourth-order valence-electron chi connectivity index (χ4n) is 2.16. The quantitative estimate of drug-likeness (QED) is 0.693. The molecule has 1 N–H and O–H groups in total. The highest BCUT2D eigenvalue weighted by Crippen LogP contribution is 2.05. The number of aromatic nitrogens is 4. The van der Waals surface area contributed by atoms with Crippen molar-refractivity contribution < 1.29 is 18.5 Å². The average Bonchev–Trinajstić information content (AvgIpc) is 3.12. The van der Waals surface area contributed by atoms with E-state index in [0.29, 0.717) is 12.2 Å². The maximum absolute atomic E-state index is 12.4. The van der Waals surface area contributed by atoms with Crippen molar-refractivity contribution in [1.29, 1.82) is 0 Å². The van der Waals surface area contributed by atoms with E-state index in [1.807, 2.05) is 30.3 Å². The van der Waals surface area contributed by atoms with Crippen molar-refractivity contribution in [3.63, 3.8) is 0 Å². The second kappa shape index (κ2) is 9.76. The fraction of sp³-hybridized carbons (Fsp3) is 0.438. The molecular weight excluding hydrogens is 358 g/mol. The summed E-state index contributed by atoms with van der Waals surface area (Å²) in [5.41, 5.74) is 0.849. The molecule has 26 heavy (non-hydrogen) atoms. The lowest BCUT2D eigenvalue weighted by atomic mass is 10.1. The molecule has 1 heterocycles. The Morgan fingerprint density at radius 2 is 2.00 bits per heavy atom. The summed E-state index contributed by atoms with van der Waals surface area (Å²) in [6.45, 7) is 3.44. The summed E-state index contributed by atoms with van der Waals surface area (Å²) in [4.78, 5) is 24.4. The third kappa shape index (κ3) is 5.45. The number of carbonyl (C=O) groups excluding carboxylic acids is 2. The molecule has 0 radical (unpaired) electrons. The van der Waals surface area contributed by atoms with Crippen molar-refractivity contribution in [3.05, 3.63) is 35.9 Å². The van der Waals surface area contributed by atoms with Crippen LogP contribution >= 0.6 is 0 Å². The molecule has 0 saturated carbocycles. The van der Waals surface area contributed by atoms with E-state index in [1.165, 1.54) is 4.68 Å². The Hall–Kier alpha value is -2.62. The minimum atomic E-state index is -1.37. The van der Waals surface area contributed by atoms with E-state index in [1.54, 1.807) is 13.8 Å². The number of Topliss-reactive ketones (excluding diaryl/α,β-unsaturated/α-hetero) is 1. The zero-order valence-corrected chi connectivity index (χ0v) is 15.4. The van der Waals surface area contributed by atoms with Gasteiger partial charge in [0.25, 0.3) is 0 Å². The summed E-state index contributed by atoms with van der Waals surface area (Å²) < 4.78 is 18.2. The van der Waals surface area contributed by atoms with Crippen molar-refractivity contribution in [2.45, 2.75) is 44.6 Å². The zero-order chi connectivity index (χ0) is 18.9. The number of carbonyl (C=O) groups is 2. The number of tetrazole rings is 1. The van der Waals surface area contributed by atoms with Gasteiger partial charge in [0.1, 0.15) is 13.2 Å². The van der Waals surface area contributed by atoms with E-state index in [0.717, 1.165) is 5.56 Å². The number of hydrogen-bond donors (Lipinski definition) is 1. The molecule has 0 aliphatic rings. The topological polar surface area (TPSA) is 116 Å². The highest BCUT2D eigenvalue weighted by atomic mass is 32.2. The van der Waals surface area contributed by atoms with Gasteiger partial charge in [-0.15, -0.1) is 0 Å². The number of nitrogens with zero attached hydrogens (tertiary/aromatic N) is 4. The van der Waals surface area contributed by atoms with Crippen LogP contribution in [0.3, 0.4) is 0 Å². The molecule has 2 aromatic rings. The second-order valence-electron chi connectivity index (χ2n) is 5.39. The van der Waals surface area contributed by atoms with E-state index in [9.17, 15) is 13.8 Å². The van der Waals surface area contributed by atoms with Gasteiger partial charge >= 0.3 is 6.09 Å². The molecule has 1 amide bonds. The normalized spacial score (nSPS) is 13.0. The van der Waals surface area contributed by atoms with Crippen LogP contribution in [0.25, 0.3) is 0 Å². The molecule has 0 bridgehead atoms. The molecule has 0 spiro atoms. The summed E-state index contributed by atoms with van der Waals surface area (Å²) in [5.74, 6) is 0.0429. The molecule has 9 nitrogen and oxygen atoms in total. The van der Waals surface area contributed by atoms with E-state index in [2.05, 4.69) is 20.8 Å². The standard InChI is InChI=1S/C16H21N5O4S/c1-3-13(17-16(23)25-11-12-8-6-5-7-9-12)14(22)10-21-15(18-19-20-21)26(24)4-2/h5-9,13H,3-4,10-11H2,1-2H3,(H,17,23).